The largest absolute Gasteiger partial charge is 0.494 e. The maximum absolute atomic E-state index is 10.2. The second-order valence-electron chi connectivity index (χ2n) is 4.45. The number of fused-ring (bicyclic) bond motifs is 1. The Kier molecular flexibility index (Phi) is 2.70. The zero-order valence-corrected chi connectivity index (χ0v) is 10.2. The Balaban J connectivity index is 2.05. The highest BCUT2D eigenvalue weighted by Crippen LogP contribution is 2.30. The van der Waals surface area contributed by atoms with Gasteiger partial charge in [-0.1, -0.05) is 42.5 Å². The van der Waals surface area contributed by atoms with Crippen molar-refractivity contribution in [1.82, 2.24) is 4.57 Å². The van der Waals surface area contributed by atoms with Gasteiger partial charge in [0.2, 0.25) is 0 Å². The molecule has 92 valence electrons. The summed E-state index contributed by atoms with van der Waals surface area (Å²) in [5.74, 6) is 0.246. The van der Waals surface area contributed by atoms with Crippen LogP contribution in [-0.4, -0.2) is 9.67 Å². The van der Waals surface area contributed by atoms with Crippen LogP contribution in [0.5, 0.6) is 5.88 Å². The number of hydrogen-bond donors (Lipinski definition) is 1. The minimum Gasteiger partial charge on any atom is -0.494 e. The Labute approximate surface area is 111 Å². The molecule has 0 fully saturated rings. The Bertz CT molecular complexity index is 767. The molecule has 1 heterocycles. The van der Waals surface area contributed by atoms with Crippen molar-refractivity contribution in [3.05, 3.63) is 71.7 Å². The fourth-order valence-corrected chi connectivity index (χ4v) is 2.21. The first-order chi connectivity index (χ1) is 9.28. The van der Waals surface area contributed by atoms with E-state index in [9.17, 15) is 5.11 Å². The fraction of sp³-hybridized carbons (Fsp3) is 0.0625. The third-order valence-corrected chi connectivity index (χ3v) is 3.17. The molecule has 3 aromatic rings. The maximum Gasteiger partial charge on any atom is 0.199 e. The molecule has 0 radical (unpaired) electrons. The van der Waals surface area contributed by atoms with Crippen molar-refractivity contribution in [1.29, 1.82) is 0 Å². The fourth-order valence-electron chi connectivity index (χ4n) is 2.21. The van der Waals surface area contributed by atoms with E-state index in [1.54, 1.807) is 22.8 Å². The van der Waals surface area contributed by atoms with Crippen molar-refractivity contribution in [3.8, 4) is 5.88 Å². The molecule has 0 saturated carbocycles. The lowest BCUT2D eigenvalue weighted by atomic mass is 10.2. The van der Waals surface area contributed by atoms with Gasteiger partial charge >= 0.3 is 0 Å². The summed E-state index contributed by atoms with van der Waals surface area (Å²) in [5, 5.41) is 11.9. The molecule has 0 unspecified atom stereocenters. The lowest BCUT2D eigenvalue weighted by Gasteiger charge is -2.04. The third-order valence-electron chi connectivity index (χ3n) is 3.17. The van der Waals surface area contributed by atoms with Gasteiger partial charge in [-0.3, -0.25) is 0 Å². The average molecular weight is 248 g/mol. The van der Waals surface area contributed by atoms with Gasteiger partial charge in [-0.05, 0) is 17.0 Å². The van der Waals surface area contributed by atoms with Crippen LogP contribution >= 0.6 is 0 Å². The predicted molar refractivity (Wildman–Crippen MR) is 75.4 cm³/mol. The second-order valence-corrected chi connectivity index (χ2v) is 4.45. The molecule has 1 aromatic heterocycles. The number of benzene rings is 2. The minimum absolute atomic E-state index is 0.246. The zero-order valence-electron chi connectivity index (χ0n) is 10.2. The molecule has 19 heavy (non-hydrogen) atoms. The van der Waals surface area contributed by atoms with E-state index in [1.807, 2.05) is 36.5 Å². The third kappa shape index (κ3) is 2.04. The van der Waals surface area contributed by atoms with Gasteiger partial charge in [0.15, 0.2) is 11.6 Å². The van der Waals surface area contributed by atoms with Gasteiger partial charge < -0.3 is 9.67 Å². The summed E-state index contributed by atoms with van der Waals surface area (Å²) in [6.07, 6.45) is 1.88. The first-order valence-electron chi connectivity index (χ1n) is 6.01. The summed E-state index contributed by atoms with van der Waals surface area (Å²) >= 11 is 0. The summed E-state index contributed by atoms with van der Waals surface area (Å²) in [6.45, 7) is 7.63. The zero-order chi connectivity index (χ0) is 13.2. The average Bonchev–Trinajstić information content (AvgIpc) is 2.76. The van der Waals surface area contributed by atoms with Crippen LogP contribution in [0.4, 0.5) is 5.69 Å². The van der Waals surface area contributed by atoms with E-state index < -0.39 is 0 Å². The number of aromatic hydroxyl groups is 1. The van der Waals surface area contributed by atoms with Crippen molar-refractivity contribution < 1.29 is 5.11 Å². The van der Waals surface area contributed by atoms with Gasteiger partial charge in [0.05, 0.1) is 13.1 Å². The molecule has 0 atom stereocenters. The van der Waals surface area contributed by atoms with E-state index in [0.29, 0.717) is 12.2 Å². The molecule has 0 aliphatic carbocycles. The summed E-state index contributed by atoms with van der Waals surface area (Å²) in [5.41, 5.74) is 1.72. The first kappa shape index (κ1) is 11.4. The van der Waals surface area contributed by atoms with E-state index in [-0.39, 0.29) is 5.88 Å². The molecular weight excluding hydrogens is 236 g/mol. The minimum atomic E-state index is 0.246. The van der Waals surface area contributed by atoms with Crippen LogP contribution in [0.1, 0.15) is 5.56 Å². The molecule has 1 N–H and O–H groups in total. The summed E-state index contributed by atoms with van der Waals surface area (Å²) < 4.78 is 1.80. The maximum atomic E-state index is 10.2. The highest BCUT2D eigenvalue weighted by atomic mass is 16.3. The van der Waals surface area contributed by atoms with Gasteiger partial charge in [0.25, 0.3) is 0 Å². The van der Waals surface area contributed by atoms with Crippen LogP contribution in [0.15, 0.2) is 54.7 Å². The number of nitrogens with zero attached hydrogens (tertiary/aromatic N) is 2. The van der Waals surface area contributed by atoms with Gasteiger partial charge in [-0.2, -0.15) is 0 Å². The van der Waals surface area contributed by atoms with E-state index in [4.69, 9.17) is 6.57 Å². The van der Waals surface area contributed by atoms with Gasteiger partial charge in [-0.25, -0.2) is 4.85 Å². The SMILES string of the molecule is [C-]#[N+]c1ccc2c(O)n(Cc3ccccc3)cc2c1. The summed E-state index contributed by atoms with van der Waals surface area (Å²) in [4.78, 5) is 3.40. The molecule has 3 heteroatoms. The Morgan fingerprint density at radius 1 is 1.11 bits per heavy atom. The van der Waals surface area contributed by atoms with Crippen molar-refractivity contribution in [3.63, 3.8) is 0 Å². The quantitative estimate of drug-likeness (QED) is 0.684. The smallest absolute Gasteiger partial charge is 0.199 e. The van der Waals surface area contributed by atoms with E-state index in [2.05, 4.69) is 4.85 Å². The number of aromatic nitrogens is 1. The molecule has 0 saturated heterocycles. The molecule has 3 nitrogen and oxygen atoms in total. The Morgan fingerprint density at radius 2 is 1.89 bits per heavy atom. The highest BCUT2D eigenvalue weighted by Gasteiger charge is 2.08. The summed E-state index contributed by atoms with van der Waals surface area (Å²) in [7, 11) is 0. The highest BCUT2D eigenvalue weighted by molar-refractivity contribution is 5.90. The molecular formula is C16H12N2O. The normalized spacial score (nSPS) is 10.5. The number of rotatable bonds is 2. The standard InChI is InChI=1S/C16H12N2O/c1-17-14-7-8-15-13(9-14)11-18(16(15)19)10-12-5-3-2-4-6-12/h2-9,11,19H,10H2. The molecule has 0 spiro atoms. The van der Waals surface area contributed by atoms with Gasteiger partial charge in [-0.15, -0.1) is 0 Å². The lowest BCUT2D eigenvalue weighted by molar-refractivity contribution is 0.430. The van der Waals surface area contributed by atoms with Crippen LogP contribution in [-0.2, 0) is 6.54 Å². The Hall–Kier alpha value is -2.73. The van der Waals surface area contributed by atoms with E-state index in [0.717, 1.165) is 16.3 Å². The van der Waals surface area contributed by atoms with Gasteiger partial charge in [0.1, 0.15) is 0 Å². The van der Waals surface area contributed by atoms with Crippen LogP contribution in [0, 0.1) is 6.57 Å². The van der Waals surface area contributed by atoms with Crippen molar-refractivity contribution in [2.75, 3.05) is 0 Å². The van der Waals surface area contributed by atoms with Crippen LogP contribution in [0.3, 0.4) is 0 Å². The monoisotopic (exact) mass is 248 g/mol. The molecule has 0 amide bonds. The predicted octanol–water partition coefficient (Wildman–Crippen LogP) is 3.95. The lowest BCUT2D eigenvalue weighted by Crippen LogP contribution is -1.96. The molecule has 0 aliphatic rings. The Morgan fingerprint density at radius 3 is 2.63 bits per heavy atom. The van der Waals surface area contributed by atoms with Crippen molar-refractivity contribution in [2.24, 2.45) is 0 Å². The topological polar surface area (TPSA) is 29.5 Å². The van der Waals surface area contributed by atoms with E-state index >= 15 is 0 Å². The number of hydrogen-bond acceptors (Lipinski definition) is 1. The molecule has 2 aromatic carbocycles. The molecule has 0 bridgehead atoms. The van der Waals surface area contributed by atoms with Crippen molar-refractivity contribution >= 4 is 16.5 Å². The second kappa shape index (κ2) is 4.51. The van der Waals surface area contributed by atoms with Gasteiger partial charge in [0, 0.05) is 11.6 Å². The summed E-state index contributed by atoms with van der Waals surface area (Å²) in [6, 6.07) is 15.3. The van der Waals surface area contributed by atoms with Crippen LogP contribution in [0.2, 0.25) is 0 Å². The van der Waals surface area contributed by atoms with Crippen LogP contribution < -0.4 is 0 Å². The molecule has 0 aliphatic heterocycles. The first-order valence-corrected chi connectivity index (χ1v) is 6.01. The van der Waals surface area contributed by atoms with Crippen LogP contribution in [0.25, 0.3) is 15.6 Å². The molecule has 3 rings (SSSR count). The van der Waals surface area contributed by atoms with E-state index in [1.165, 1.54) is 0 Å². The van der Waals surface area contributed by atoms with Crippen molar-refractivity contribution in [2.45, 2.75) is 6.54 Å².